The van der Waals surface area contributed by atoms with Crippen molar-refractivity contribution in [3.8, 4) is 0 Å². The Morgan fingerprint density at radius 3 is 2.36 bits per heavy atom. The lowest BCUT2D eigenvalue weighted by atomic mass is 10.1. The summed E-state index contributed by atoms with van der Waals surface area (Å²) >= 11 is 2.76. The Labute approximate surface area is 260 Å². The second-order valence-corrected chi connectivity index (χ2v) is 11.6. The van der Waals surface area contributed by atoms with Crippen LogP contribution in [0.25, 0.3) is 16.3 Å². The summed E-state index contributed by atoms with van der Waals surface area (Å²) in [6.45, 7) is 2.01. The summed E-state index contributed by atoms with van der Waals surface area (Å²) in [7, 11) is 0. The Morgan fingerprint density at radius 2 is 1.66 bits per heavy atom. The summed E-state index contributed by atoms with van der Waals surface area (Å²) in [5, 5.41) is 19.8. The van der Waals surface area contributed by atoms with E-state index < -0.39 is 16.7 Å². The number of benzene rings is 4. The summed E-state index contributed by atoms with van der Waals surface area (Å²) in [5.74, 6) is -1.08. The van der Waals surface area contributed by atoms with Crippen molar-refractivity contribution >= 4 is 73.6 Å². The molecule has 4 aromatic carbocycles. The van der Waals surface area contributed by atoms with Crippen molar-refractivity contribution in [1.82, 2.24) is 10.3 Å². The molecule has 1 aromatic heterocycles. The molecule has 0 saturated heterocycles. The summed E-state index contributed by atoms with van der Waals surface area (Å²) < 4.78 is 1.01. The first-order valence-electron chi connectivity index (χ1n) is 13.3. The predicted molar refractivity (Wildman–Crippen MR) is 174 cm³/mol. The summed E-state index contributed by atoms with van der Waals surface area (Å²) in [6.07, 6.45) is 1.44. The van der Waals surface area contributed by atoms with Crippen LogP contribution in [0.1, 0.15) is 21.5 Å². The first kappa shape index (κ1) is 30.1. The average molecular weight is 624 g/mol. The van der Waals surface area contributed by atoms with Crippen LogP contribution in [0.4, 0.5) is 16.5 Å². The van der Waals surface area contributed by atoms with Crippen LogP contribution in [0, 0.1) is 17.0 Å². The Morgan fingerprint density at radius 1 is 0.932 bits per heavy atom. The fourth-order valence-electron chi connectivity index (χ4n) is 4.02. The van der Waals surface area contributed by atoms with E-state index in [1.54, 1.807) is 54.6 Å². The third-order valence-electron chi connectivity index (χ3n) is 6.22. The molecule has 44 heavy (non-hydrogen) atoms. The minimum atomic E-state index is -0.585. The number of thiazole rings is 1. The van der Waals surface area contributed by atoms with Gasteiger partial charge in [-0.25, -0.2) is 4.98 Å². The molecule has 0 spiro atoms. The van der Waals surface area contributed by atoms with Crippen LogP contribution >= 0.6 is 23.1 Å². The Hall–Kier alpha value is -5.33. The van der Waals surface area contributed by atoms with Gasteiger partial charge >= 0.3 is 0 Å². The predicted octanol–water partition coefficient (Wildman–Crippen LogP) is 6.65. The molecule has 0 aliphatic heterocycles. The first-order valence-corrected chi connectivity index (χ1v) is 15.1. The van der Waals surface area contributed by atoms with Gasteiger partial charge in [0.25, 0.3) is 17.5 Å². The van der Waals surface area contributed by atoms with Gasteiger partial charge in [0.2, 0.25) is 5.91 Å². The molecule has 0 bridgehead atoms. The van der Waals surface area contributed by atoms with Gasteiger partial charge in [-0.05, 0) is 84.8 Å². The summed E-state index contributed by atoms with van der Waals surface area (Å²) in [5.41, 5.74) is 3.14. The number of carbonyl (C=O) groups is 3. The number of nitro groups is 1. The number of aromatic nitrogens is 1. The highest BCUT2D eigenvalue weighted by Crippen LogP contribution is 2.27. The Bertz CT molecular complexity index is 1870. The second-order valence-electron chi connectivity index (χ2n) is 9.53. The van der Waals surface area contributed by atoms with E-state index in [9.17, 15) is 24.5 Å². The van der Waals surface area contributed by atoms with Crippen molar-refractivity contribution in [1.29, 1.82) is 0 Å². The quantitative estimate of drug-likeness (QED) is 0.0684. The molecule has 0 atom stereocenters. The van der Waals surface area contributed by atoms with E-state index >= 15 is 0 Å². The number of nitrogens with one attached hydrogen (secondary N) is 3. The smallest absolute Gasteiger partial charge is 0.272 e. The topological polar surface area (TPSA) is 143 Å². The number of aryl methyl sites for hydroxylation is 1. The second kappa shape index (κ2) is 13.8. The largest absolute Gasteiger partial charge is 0.321 e. The zero-order valence-corrected chi connectivity index (χ0v) is 24.9. The normalized spacial score (nSPS) is 11.2. The molecule has 0 unspecified atom stereocenters. The molecule has 0 aliphatic rings. The SMILES string of the molecule is Cc1ccc2nc(NC(=O)CSc3ccc(NC(=O)/C(=C/c4ccc([N+](=O)[O-])cc4)NC(=O)c4ccccc4)cc3)sc2c1. The molecule has 0 aliphatic carbocycles. The van der Waals surface area contributed by atoms with Crippen molar-refractivity contribution in [2.45, 2.75) is 11.8 Å². The van der Waals surface area contributed by atoms with Crippen molar-refractivity contribution in [3.63, 3.8) is 0 Å². The number of hydrogen-bond acceptors (Lipinski definition) is 8. The molecular formula is C32H25N5O5S2. The number of non-ortho nitro benzene ring substituents is 1. The van der Waals surface area contributed by atoms with Crippen LogP contribution in [0.15, 0.2) is 108 Å². The minimum Gasteiger partial charge on any atom is -0.321 e. The number of anilines is 2. The van der Waals surface area contributed by atoms with Crippen molar-refractivity contribution < 1.29 is 19.3 Å². The molecular weight excluding hydrogens is 599 g/mol. The van der Waals surface area contributed by atoms with Crippen LogP contribution in [0.3, 0.4) is 0 Å². The number of nitrogens with zero attached hydrogens (tertiary/aromatic N) is 2. The van der Waals surface area contributed by atoms with Gasteiger partial charge < -0.3 is 16.0 Å². The molecule has 5 aromatic rings. The molecule has 0 fully saturated rings. The van der Waals surface area contributed by atoms with Gasteiger partial charge in [-0.2, -0.15) is 0 Å². The maximum Gasteiger partial charge on any atom is 0.272 e. The fraction of sp³-hybridized carbons (Fsp3) is 0.0625. The maximum absolute atomic E-state index is 13.3. The average Bonchev–Trinajstić information content (AvgIpc) is 3.42. The lowest BCUT2D eigenvalue weighted by Crippen LogP contribution is -2.30. The van der Waals surface area contributed by atoms with E-state index in [2.05, 4.69) is 20.9 Å². The van der Waals surface area contributed by atoms with E-state index in [1.807, 2.05) is 25.1 Å². The highest BCUT2D eigenvalue weighted by Gasteiger charge is 2.16. The van der Waals surface area contributed by atoms with Gasteiger partial charge in [-0.1, -0.05) is 35.6 Å². The highest BCUT2D eigenvalue weighted by molar-refractivity contribution is 8.00. The van der Waals surface area contributed by atoms with Crippen molar-refractivity contribution in [2.75, 3.05) is 16.4 Å². The molecule has 10 nitrogen and oxygen atoms in total. The number of amides is 3. The zero-order valence-electron chi connectivity index (χ0n) is 23.3. The van der Waals surface area contributed by atoms with Crippen LogP contribution in [-0.2, 0) is 9.59 Å². The first-order chi connectivity index (χ1) is 21.2. The third-order valence-corrected chi connectivity index (χ3v) is 8.16. The van der Waals surface area contributed by atoms with E-state index in [0.717, 1.165) is 20.7 Å². The molecule has 0 saturated carbocycles. The van der Waals surface area contributed by atoms with Crippen LogP contribution in [0.2, 0.25) is 0 Å². The highest BCUT2D eigenvalue weighted by atomic mass is 32.2. The zero-order chi connectivity index (χ0) is 31.1. The standard InChI is InChI=1S/C32H25N5O5S2/c1-20-7-16-26-28(17-20)44-32(35-26)36-29(38)19-43-25-14-10-23(11-15-25)33-31(40)27(34-30(39)22-5-3-2-4-6-22)18-21-8-12-24(13-9-21)37(41)42/h2-18H,19H2,1H3,(H,33,40)(H,34,39)(H,35,36,38)/b27-18-. The summed E-state index contributed by atoms with van der Waals surface area (Å²) in [6, 6.07) is 26.9. The van der Waals surface area contributed by atoms with Crippen LogP contribution in [0.5, 0.6) is 0 Å². The van der Waals surface area contributed by atoms with E-state index in [4.69, 9.17) is 0 Å². The molecule has 3 amide bonds. The maximum atomic E-state index is 13.3. The van der Waals surface area contributed by atoms with Gasteiger partial charge in [0.1, 0.15) is 5.70 Å². The Balaban J connectivity index is 1.22. The number of hydrogen-bond donors (Lipinski definition) is 3. The number of thioether (sulfide) groups is 1. The molecule has 5 rings (SSSR count). The van der Waals surface area contributed by atoms with E-state index in [1.165, 1.54) is 53.4 Å². The van der Waals surface area contributed by atoms with Gasteiger partial charge in [-0.3, -0.25) is 24.5 Å². The van der Waals surface area contributed by atoms with E-state index in [-0.39, 0.29) is 23.0 Å². The fourth-order valence-corrected chi connectivity index (χ4v) is 5.70. The number of rotatable bonds is 10. The van der Waals surface area contributed by atoms with E-state index in [0.29, 0.717) is 21.9 Å². The lowest BCUT2D eigenvalue weighted by molar-refractivity contribution is -0.384. The minimum absolute atomic E-state index is 0.0483. The lowest BCUT2D eigenvalue weighted by Gasteiger charge is -2.12. The van der Waals surface area contributed by atoms with Gasteiger partial charge in [0.15, 0.2) is 5.13 Å². The van der Waals surface area contributed by atoms with Crippen LogP contribution < -0.4 is 16.0 Å². The molecule has 3 N–H and O–H groups in total. The molecule has 12 heteroatoms. The monoisotopic (exact) mass is 623 g/mol. The molecule has 220 valence electrons. The number of carbonyl (C=O) groups excluding carboxylic acids is 3. The van der Waals surface area contributed by atoms with Gasteiger partial charge in [-0.15, -0.1) is 11.8 Å². The van der Waals surface area contributed by atoms with Gasteiger partial charge in [0, 0.05) is 28.3 Å². The molecule has 1 heterocycles. The summed E-state index contributed by atoms with van der Waals surface area (Å²) in [4.78, 5) is 54.4. The number of fused-ring (bicyclic) bond motifs is 1. The third kappa shape index (κ3) is 7.94. The number of nitro benzene ring substituents is 1. The van der Waals surface area contributed by atoms with Crippen LogP contribution in [-0.4, -0.2) is 33.4 Å². The van der Waals surface area contributed by atoms with Crippen molar-refractivity contribution in [2.24, 2.45) is 0 Å². The molecule has 0 radical (unpaired) electrons. The van der Waals surface area contributed by atoms with Crippen molar-refractivity contribution in [3.05, 3.63) is 130 Å². The Kier molecular flexibility index (Phi) is 9.43. The van der Waals surface area contributed by atoms with Gasteiger partial charge in [0.05, 0.1) is 20.9 Å².